The molecular formula is C17H21N3O. The maximum atomic E-state index is 10.6. The first-order valence-corrected chi connectivity index (χ1v) is 6.85. The van der Waals surface area contributed by atoms with Crippen LogP contribution in [0.4, 0.5) is 5.82 Å². The number of ketones is 1. The minimum absolute atomic E-state index is 0.176. The number of rotatable bonds is 1. The third kappa shape index (κ3) is 4.90. The Bertz CT molecular complexity index is 596. The molecular weight excluding hydrogens is 262 g/mol. The zero-order valence-corrected chi connectivity index (χ0v) is 12.3. The van der Waals surface area contributed by atoms with Crippen LogP contribution in [0.25, 0.3) is 10.8 Å². The number of hydrogen-bond donors (Lipinski definition) is 2. The molecule has 0 saturated carbocycles. The minimum Gasteiger partial charge on any atom is -0.383 e. The first-order chi connectivity index (χ1) is 10.2. The molecule has 0 spiro atoms. The number of terminal acetylenes is 1. The van der Waals surface area contributed by atoms with Crippen LogP contribution in [0.1, 0.15) is 19.8 Å². The molecule has 1 fully saturated rings. The van der Waals surface area contributed by atoms with Crippen LogP contribution in [0, 0.1) is 12.8 Å². The van der Waals surface area contributed by atoms with Gasteiger partial charge in [-0.25, -0.2) is 4.98 Å². The highest BCUT2D eigenvalue weighted by Crippen LogP contribution is 2.16. The molecule has 1 aromatic heterocycles. The molecule has 0 amide bonds. The van der Waals surface area contributed by atoms with Crippen LogP contribution in [-0.4, -0.2) is 23.4 Å². The highest BCUT2D eigenvalue weighted by molar-refractivity contribution is 5.90. The smallest absolute Gasteiger partial charge is 0.146 e. The molecule has 21 heavy (non-hydrogen) atoms. The third-order valence-electron chi connectivity index (χ3n) is 3.26. The lowest BCUT2D eigenvalue weighted by molar-refractivity contribution is -0.118. The van der Waals surface area contributed by atoms with Gasteiger partial charge in [0.1, 0.15) is 11.6 Å². The number of benzene rings is 1. The van der Waals surface area contributed by atoms with Gasteiger partial charge in [0.05, 0.1) is 6.04 Å². The number of pyridine rings is 1. The SMILES string of the molecule is C#C.CC(=O)[C@@H]1CCCN1.Nc1nccc2ccccc12. The fraction of sp³-hybridized carbons (Fsp3) is 0.294. The predicted molar refractivity (Wildman–Crippen MR) is 87.8 cm³/mol. The number of hydrogen-bond acceptors (Lipinski definition) is 4. The zero-order valence-electron chi connectivity index (χ0n) is 12.3. The molecule has 0 radical (unpaired) electrons. The molecule has 3 N–H and O–H groups in total. The van der Waals surface area contributed by atoms with Gasteiger partial charge < -0.3 is 11.1 Å². The average molecular weight is 283 g/mol. The van der Waals surface area contributed by atoms with Crippen molar-refractivity contribution >= 4 is 22.4 Å². The van der Waals surface area contributed by atoms with Crippen molar-refractivity contribution in [2.45, 2.75) is 25.8 Å². The number of carbonyl (C=O) groups excluding carboxylic acids is 1. The van der Waals surface area contributed by atoms with Crippen molar-refractivity contribution in [3.8, 4) is 12.8 Å². The molecule has 3 rings (SSSR count). The Morgan fingerprint density at radius 2 is 2.05 bits per heavy atom. The maximum absolute atomic E-state index is 10.6. The molecule has 0 unspecified atom stereocenters. The summed E-state index contributed by atoms with van der Waals surface area (Å²) in [6.07, 6.45) is 11.9. The van der Waals surface area contributed by atoms with Gasteiger partial charge in [0.2, 0.25) is 0 Å². The molecule has 0 bridgehead atoms. The lowest BCUT2D eigenvalue weighted by Gasteiger charge is -2.01. The van der Waals surface area contributed by atoms with Crippen LogP contribution in [0.2, 0.25) is 0 Å². The summed E-state index contributed by atoms with van der Waals surface area (Å²) < 4.78 is 0. The Balaban J connectivity index is 0.000000196. The van der Waals surface area contributed by atoms with E-state index in [0.29, 0.717) is 5.82 Å². The summed E-state index contributed by atoms with van der Waals surface area (Å²) in [6, 6.07) is 10.1. The lowest BCUT2D eigenvalue weighted by Crippen LogP contribution is -2.28. The van der Waals surface area contributed by atoms with E-state index in [1.54, 1.807) is 13.1 Å². The third-order valence-corrected chi connectivity index (χ3v) is 3.26. The fourth-order valence-electron chi connectivity index (χ4n) is 2.17. The lowest BCUT2D eigenvalue weighted by atomic mass is 10.2. The van der Waals surface area contributed by atoms with E-state index in [0.717, 1.165) is 30.2 Å². The molecule has 1 aliphatic heterocycles. The molecule has 0 aliphatic carbocycles. The van der Waals surface area contributed by atoms with Gasteiger partial charge in [-0.15, -0.1) is 12.8 Å². The minimum atomic E-state index is 0.176. The average Bonchev–Trinajstić information content (AvgIpc) is 3.05. The second-order valence-electron chi connectivity index (χ2n) is 4.68. The molecule has 1 atom stereocenters. The van der Waals surface area contributed by atoms with Crippen molar-refractivity contribution in [3.05, 3.63) is 36.5 Å². The van der Waals surface area contributed by atoms with Crippen LogP contribution in [-0.2, 0) is 4.79 Å². The Hall–Kier alpha value is -2.38. The molecule has 4 heteroatoms. The Morgan fingerprint density at radius 3 is 2.57 bits per heavy atom. The molecule has 4 nitrogen and oxygen atoms in total. The summed E-state index contributed by atoms with van der Waals surface area (Å²) in [7, 11) is 0. The van der Waals surface area contributed by atoms with E-state index < -0.39 is 0 Å². The van der Waals surface area contributed by atoms with Gasteiger partial charge in [-0.1, -0.05) is 24.3 Å². The van der Waals surface area contributed by atoms with Crippen molar-refractivity contribution in [1.82, 2.24) is 10.3 Å². The van der Waals surface area contributed by atoms with Crippen molar-refractivity contribution in [1.29, 1.82) is 0 Å². The molecule has 1 saturated heterocycles. The number of carbonyl (C=O) groups is 1. The summed E-state index contributed by atoms with van der Waals surface area (Å²) in [4.78, 5) is 14.6. The molecule has 1 aliphatic rings. The first kappa shape index (κ1) is 16.7. The van der Waals surface area contributed by atoms with Crippen LogP contribution >= 0.6 is 0 Å². The van der Waals surface area contributed by atoms with E-state index >= 15 is 0 Å². The summed E-state index contributed by atoms with van der Waals surface area (Å²) in [6.45, 7) is 2.66. The maximum Gasteiger partial charge on any atom is 0.146 e. The number of nitrogens with two attached hydrogens (primary N) is 1. The standard InChI is InChI=1S/C9H8N2.C6H11NO.C2H2/c10-9-8-4-2-1-3-7(8)5-6-11-9;1-5(8)6-3-2-4-7-6;1-2/h1-6H,(H2,10,11);6-7H,2-4H2,1H3;1-2H/t;6-;/m.0./s1. The predicted octanol–water partition coefficient (Wildman–Crippen LogP) is 2.39. The number of nitrogens with zero attached hydrogens (tertiary/aromatic N) is 1. The van der Waals surface area contributed by atoms with Gasteiger partial charge in [-0.2, -0.15) is 0 Å². The zero-order chi connectivity index (χ0) is 15.7. The van der Waals surface area contributed by atoms with Crippen LogP contribution in [0.3, 0.4) is 0 Å². The molecule has 2 heterocycles. The van der Waals surface area contributed by atoms with E-state index in [-0.39, 0.29) is 11.8 Å². The van der Waals surface area contributed by atoms with Crippen molar-refractivity contribution in [2.24, 2.45) is 0 Å². The number of nitrogen functional groups attached to an aromatic ring is 1. The monoisotopic (exact) mass is 283 g/mol. The van der Waals surface area contributed by atoms with Gasteiger partial charge in [0, 0.05) is 11.6 Å². The van der Waals surface area contributed by atoms with Crippen LogP contribution in [0.5, 0.6) is 0 Å². The number of aromatic nitrogens is 1. The Kier molecular flexibility index (Phi) is 6.93. The summed E-state index contributed by atoms with van der Waals surface area (Å²) in [5.41, 5.74) is 5.65. The quantitative estimate of drug-likeness (QED) is 0.789. The van der Waals surface area contributed by atoms with E-state index in [9.17, 15) is 4.79 Å². The highest BCUT2D eigenvalue weighted by atomic mass is 16.1. The van der Waals surface area contributed by atoms with E-state index in [2.05, 4.69) is 23.1 Å². The second kappa shape index (κ2) is 8.72. The summed E-state index contributed by atoms with van der Waals surface area (Å²) in [5, 5.41) is 5.27. The van der Waals surface area contributed by atoms with E-state index in [1.807, 2.05) is 30.3 Å². The number of nitrogens with one attached hydrogen (secondary N) is 1. The topological polar surface area (TPSA) is 68.0 Å². The van der Waals surface area contributed by atoms with Crippen molar-refractivity contribution < 1.29 is 4.79 Å². The first-order valence-electron chi connectivity index (χ1n) is 6.85. The second-order valence-corrected chi connectivity index (χ2v) is 4.68. The van der Waals surface area contributed by atoms with Gasteiger partial charge in [-0.05, 0) is 37.8 Å². The largest absolute Gasteiger partial charge is 0.383 e. The van der Waals surface area contributed by atoms with E-state index in [4.69, 9.17) is 5.73 Å². The molecule has 1 aromatic carbocycles. The van der Waals surface area contributed by atoms with Crippen LogP contribution in [0.15, 0.2) is 36.5 Å². The Labute approximate surface area is 125 Å². The molecule has 110 valence electrons. The van der Waals surface area contributed by atoms with Gasteiger partial charge in [0.25, 0.3) is 0 Å². The highest BCUT2D eigenvalue weighted by Gasteiger charge is 2.17. The normalized spacial score (nSPS) is 16.2. The summed E-state index contributed by atoms with van der Waals surface area (Å²) in [5.74, 6) is 0.880. The number of anilines is 1. The van der Waals surface area contributed by atoms with E-state index in [1.165, 1.54) is 0 Å². The van der Waals surface area contributed by atoms with Gasteiger partial charge in [0.15, 0.2) is 0 Å². The Morgan fingerprint density at radius 1 is 1.33 bits per heavy atom. The summed E-state index contributed by atoms with van der Waals surface area (Å²) >= 11 is 0. The number of Topliss-reactive ketones (excluding diaryl/α,β-unsaturated/α-hetero) is 1. The number of fused-ring (bicyclic) bond motifs is 1. The van der Waals surface area contributed by atoms with Crippen LogP contribution < -0.4 is 11.1 Å². The van der Waals surface area contributed by atoms with Gasteiger partial charge >= 0.3 is 0 Å². The van der Waals surface area contributed by atoms with Crippen molar-refractivity contribution in [2.75, 3.05) is 12.3 Å². The van der Waals surface area contributed by atoms with Gasteiger partial charge in [-0.3, -0.25) is 4.79 Å². The fourth-order valence-corrected chi connectivity index (χ4v) is 2.17. The van der Waals surface area contributed by atoms with Crippen molar-refractivity contribution in [3.63, 3.8) is 0 Å². The molecule has 2 aromatic rings.